The molecule has 1 N–H and O–H groups in total. The van der Waals surface area contributed by atoms with Crippen LogP contribution in [0.4, 0.5) is 0 Å². The minimum Gasteiger partial charge on any atom is -0.387 e. The number of hydrogen-bond donors (Lipinski definition) is 1. The Morgan fingerprint density at radius 2 is 2.00 bits per heavy atom. The molecule has 2 fully saturated rings. The van der Waals surface area contributed by atoms with Crippen molar-refractivity contribution in [1.29, 1.82) is 0 Å². The summed E-state index contributed by atoms with van der Waals surface area (Å²) in [7, 11) is 0. The number of amides is 1. The molecule has 0 bridgehead atoms. The Morgan fingerprint density at radius 1 is 1.31 bits per heavy atom. The molecule has 13 heavy (non-hydrogen) atoms. The fourth-order valence-corrected chi connectivity index (χ4v) is 2.78. The quantitative estimate of drug-likeness (QED) is 0.652. The van der Waals surface area contributed by atoms with Gasteiger partial charge in [-0.2, -0.15) is 0 Å². The van der Waals surface area contributed by atoms with Gasteiger partial charge in [0.15, 0.2) is 0 Å². The summed E-state index contributed by atoms with van der Waals surface area (Å²) in [5.74, 6) is -0.0937. The third-order valence-corrected chi connectivity index (χ3v) is 3.59. The van der Waals surface area contributed by atoms with Crippen molar-refractivity contribution in [3.05, 3.63) is 0 Å². The number of carbonyl (C=O) groups excluding carboxylic acids is 1. The van der Waals surface area contributed by atoms with Crippen molar-refractivity contribution in [1.82, 2.24) is 4.90 Å². The molecule has 1 saturated heterocycles. The van der Waals surface area contributed by atoms with E-state index in [9.17, 15) is 4.79 Å². The zero-order chi connectivity index (χ0) is 9.31. The van der Waals surface area contributed by atoms with Crippen LogP contribution in [0.5, 0.6) is 0 Å². The normalized spacial score (nSPS) is 25.8. The summed E-state index contributed by atoms with van der Waals surface area (Å²) in [6.45, 7) is 1.43. The second-order valence-corrected chi connectivity index (χ2v) is 4.43. The van der Waals surface area contributed by atoms with E-state index in [1.807, 2.05) is 4.90 Å². The standard InChI is InChI=1S/C10H17NO2/c12-7-9(13)11-6-5-10(8-11)3-1-2-4-10/h12H,1-8H2. The van der Waals surface area contributed by atoms with Crippen LogP contribution in [-0.4, -0.2) is 35.6 Å². The maximum absolute atomic E-state index is 11.2. The molecule has 2 rings (SSSR count). The smallest absolute Gasteiger partial charge is 0.248 e. The number of hydrogen-bond acceptors (Lipinski definition) is 2. The molecule has 2 aliphatic rings. The molecule has 0 radical (unpaired) electrons. The van der Waals surface area contributed by atoms with Gasteiger partial charge in [0.1, 0.15) is 6.61 Å². The van der Waals surface area contributed by atoms with Crippen molar-refractivity contribution in [3.8, 4) is 0 Å². The van der Waals surface area contributed by atoms with Crippen molar-refractivity contribution in [2.24, 2.45) is 5.41 Å². The Bertz CT molecular complexity index is 209. The van der Waals surface area contributed by atoms with Crippen LogP contribution in [0.25, 0.3) is 0 Å². The third-order valence-electron chi connectivity index (χ3n) is 3.59. The molecular formula is C10H17NO2. The van der Waals surface area contributed by atoms with Gasteiger partial charge in [-0.3, -0.25) is 4.79 Å². The van der Waals surface area contributed by atoms with Crippen molar-refractivity contribution >= 4 is 5.91 Å². The monoisotopic (exact) mass is 183 g/mol. The van der Waals surface area contributed by atoms with Crippen LogP contribution in [0.2, 0.25) is 0 Å². The number of aliphatic hydroxyl groups is 1. The van der Waals surface area contributed by atoms with Crippen LogP contribution in [0.15, 0.2) is 0 Å². The molecule has 0 aromatic heterocycles. The molecule has 0 unspecified atom stereocenters. The van der Waals surface area contributed by atoms with Gasteiger partial charge < -0.3 is 10.0 Å². The molecule has 0 atom stereocenters. The first kappa shape index (κ1) is 9.00. The fraction of sp³-hybridized carbons (Fsp3) is 0.900. The summed E-state index contributed by atoms with van der Waals surface area (Å²) >= 11 is 0. The van der Waals surface area contributed by atoms with E-state index in [2.05, 4.69) is 0 Å². The molecule has 0 aromatic rings. The Labute approximate surface area is 78.7 Å². The highest BCUT2D eigenvalue weighted by Gasteiger charge is 2.41. The number of rotatable bonds is 1. The van der Waals surface area contributed by atoms with Gasteiger partial charge in [0.25, 0.3) is 0 Å². The van der Waals surface area contributed by atoms with Crippen LogP contribution in [0.1, 0.15) is 32.1 Å². The van der Waals surface area contributed by atoms with E-state index in [0.717, 1.165) is 19.5 Å². The van der Waals surface area contributed by atoms with E-state index >= 15 is 0 Å². The molecule has 1 aliphatic heterocycles. The van der Waals surface area contributed by atoms with Gasteiger partial charge in [0.05, 0.1) is 0 Å². The zero-order valence-electron chi connectivity index (χ0n) is 7.96. The molecule has 1 spiro atoms. The SMILES string of the molecule is O=C(CO)N1CCC2(CCCC2)C1. The first-order chi connectivity index (χ1) is 6.26. The van der Waals surface area contributed by atoms with Gasteiger partial charge >= 0.3 is 0 Å². The molecule has 3 nitrogen and oxygen atoms in total. The minimum absolute atomic E-state index is 0.0937. The topological polar surface area (TPSA) is 40.5 Å². The molecule has 1 aliphatic carbocycles. The van der Waals surface area contributed by atoms with Crippen LogP contribution in [-0.2, 0) is 4.79 Å². The van der Waals surface area contributed by atoms with Gasteiger partial charge in [-0.15, -0.1) is 0 Å². The van der Waals surface area contributed by atoms with Gasteiger partial charge in [0.2, 0.25) is 5.91 Å². The molecule has 1 amide bonds. The van der Waals surface area contributed by atoms with Crippen LogP contribution in [0.3, 0.4) is 0 Å². The average Bonchev–Trinajstić information content (AvgIpc) is 2.76. The lowest BCUT2D eigenvalue weighted by atomic mass is 9.86. The maximum atomic E-state index is 11.2. The van der Waals surface area contributed by atoms with Gasteiger partial charge in [-0.1, -0.05) is 12.8 Å². The van der Waals surface area contributed by atoms with Crippen LogP contribution >= 0.6 is 0 Å². The third kappa shape index (κ3) is 1.57. The predicted molar refractivity (Wildman–Crippen MR) is 49.2 cm³/mol. The van der Waals surface area contributed by atoms with E-state index in [1.54, 1.807) is 0 Å². The van der Waals surface area contributed by atoms with Gasteiger partial charge in [0, 0.05) is 13.1 Å². The Kier molecular flexibility index (Phi) is 2.28. The van der Waals surface area contributed by atoms with Crippen molar-refractivity contribution in [2.75, 3.05) is 19.7 Å². The average molecular weight is 183 g/mol. The van der Waals surface area contributed by atoms with Crippen molar-refractivity contribution < 1.29 is 9.90 Å². The van der Waals surface area contributed by atoms with E-state index in [4.69, 9.17) is 5.11 Å². The summed E-state index contributed by atoms with van der Waals surface area (Å²) in [6.07, 6.45) is 6.35. The first-order valence-electron chi connectivity index (χ1n) is 5.14. The lowest BCUT2D eigenvalue weighted by molar-refractivity contribution is -0.133. The second kappa shape index (κ2) is 3.29. The number of aliphatic hydroxyl groups excluding tert-OH is 1. The first-order valence-corrected chi connectivity index (χ1v) is 5.14. The highest BCUT2D eigenvalue weighted by molar-refractivity contribution is 5.77. The molecule has 1 saturated carbocycles. The number of likely N-dealkylation sites (tertiary alicyclic amines) is 1. The van der Waals surface area contributed by atoms with Gasteiger partial charge in [-0.05, 0) is 24.7 Å². The molecule has 1 heterocycles. The summed E-state index contributed by atoms with van der Waals surface area (Å²) in [5, 5.41) is 8.74. The van der Waals surface area contributed by atoms with E-state index in [-0.39, 0.29) is 12.5 Å². The highest BCUT2D eigenvalue weighted by atomic mass is 16.3. The summed E-state index contributed by atoms with van der Waals surface area (Å²) in [4.78, 5) is 13.1. The van der Waals surface area contributed by atoms with Crippen LogP contribution in [0, 0.1) is 5.41 Å². The molecule has 74 valence electrons. The predicted octanol–water partition coefficient (Wildman–Crippen LogP) is 0.771. The zero-order valence-corrected chi connectivity index (χ0v) is 7.96. The Balaban J connectivity index is 1.96. The summed E-state index contributed by atoms with van der Waals surface area (Å²) in [5.41, 5.74) is 0.435. The van der Waals surface area contributed by atoms with Crippen molar-refractivity contribution in [2.45, 2.75) is 32.1 Å². The Hall–Kier alpha value is -0.570. The highest BCUT2D eigenvalue weighted by Crippen LogP contribution is 2.45. The number of carbonyl (C=O) groups is 1. The lowest BCUT2D eigenvalue weighted by Gasteiger charge is -2.22. The minimum atomic E-state index is -0.323. The van der Waals surface area contributed by atoms with E-state index in [1.165, 1.54) is 25.7 Å². The summed E-state index contributed by atoms with van der Waals surface area (Å²) < 4.78 is 0. The van der Waals surface area contributed by atoms with Gasteiger partial charge in [-0.25, -0.2) is 0 Å². The second-order valence-electron chi connectivity index (χ2n) is 4.43. The van der Waals surface area contributed by atoms with E-state index in [0.29, 0.717) is 5.41 Å². The van der Waals surface area contributed by atoms with Crippen molar-refractivity contribution in [3.63, 3.8) is 0 Å². The summed E-state index contributed by atoms with van der Waals surface area (Å²) in [6, 6.07) is 0. The van der Waals surface area contributed by atoms with Crippen LogP contribution < -0.4 is 0 Å². The molecular weight excluding hydrogens is 166 g/mol. The lowest BCUT2D eigenvalue weighted by Crippen LogP contribution is -2.33. The fourth-order valence-electron chi connectivity index (χ4n) is 2.78. The molecule has 3 heteroatoms. The maximum Gasteiger partial charge on any atom is 0.248 e. The van der Waals surface area contributed by atoms with E-state index < -0.39 is 0 Å². The number of nitrogens with zero attached hydrogens (tertiary/aromatic N) is 1. The largest absolute Gasteiger partial charge is 0.387 e. The Morgan fingerprint density at radius 3 is 2.62 bits per heavy atom. The molecule has 0 aromatic carbocycles.